The Bertz CT molecular complexity index is 564. The number of amides is 1. The van der Waals surface area contributed by atoms with Crippen LogP contribution < -0.4 is 10.6 Å². The normalized spacial score (nSPS) is 20.1. The third-order valence-corrected chi connectivity index (χ3v) is 5.69. The predicted octanol–water partition coefficient (Wildman–Crippen LogP) is 4.33. The molecule has 1 amide bonds. The summed E-state index contributed by atoms with van der Waals surface area (Å²) in [6, 6.07) is 8.96. The average molecular weight is 365 g/mol. The molecule has 2 rings (SSSR count). The first-order chi connectivity index (χ1) is 11.6. The lowest BCUT2D eigenvalue weighted by Crippen LogP contribution is -2.39. The van der Waals surface area contributed by atoms with Gasteiger partial charge in [-0.2, -0.15) is 11.8 Å². The molecular formula is C20H32N2O2S. The summed E-state index contributed by atoms with van der Waals surface area (Å²) in [6.07, 6.45) is 0.855. The summed E-state index contributed by atoms with van der Waals surface area (Å²) in [5.74, 6) is 2.45. The molecular weight excluding hydrogens is 332 g/mol. The number of carbonyl (C=O) groups excluding carboxylic acids is 1. The molecule has 0 radical (unpaired) electrons. The van der Waals surface area contributed by atoms with Crippen molar-refractivity contribution in [1.29, 1.82) is 0 Å². The fourth-order valence-electron chi connectivity index (χ4n) is 2.92. The number of rotatable bonds is 5. The molecule has 0 aromatic heterocycles. The van der Waals surface area contributed by atoms with Gasteiger partial charge in [0, 0.05) is 24.9 Å². The molecule has 1 aliphatic rings. The summed E-state index contributed by atoms with van der Waals surface area (Å²) in [5, 5.41) is 6.47. The van der Waals surface area contributed by atoms with E-state index in [0.29, 0.717) is 18.0 Å². The second kappa shape index (κ2) is 8.45. The molecule has 2 N–H and O–H groups in total. The van der Waals surface area contributed by atoms with Gasteiger partial charge in [-0.1, -0.05) is 38.1 Å². The zero-order chi connectivity index (χ0) is 18.5. The van der Waals surface area contributed by atoms with Crippen LogP contribution in [0.25, 0.3) is 0 Å². The maximum absolute atomic E-state index is 11.7. The summed E-state index contributed by atoms with van der Waals surface area (Å²) < 4.78 is 5.24. The first kappa shape index (κ1) is 20.1. The highest BCUT2D eigenvalue weighted by Gasteiger charge is 2.27. The maximum Gasteiger partial charge on any atom is 0.407 e. The van der Waals surface area contributed by atoms with Gasteiger partial charge in [-0.3, -0.25) is 0 Å². The third kappa shape index (κ3) is 7.70. The van der Waals surface area contributed by atoms with Crippen molar-refractivity contribution in [2.45, 2.75) is 65.8 Å². The smallest absolute Gasteiger partial charge is 0.407 e. The molecule has 1 aliphatic heterocycles. The molecule has 1 atom stereocenters. The predicted molar refractivity (Wildman–Crippen MR) is 106 cm³/mol. The summed E-state index contributed by atoms with van der Waals surface area (Å²) >= 11 is 2.05. The Labute approximate surface area is 156 Å². The highest BCUT2D eigenvalue weighted by molar-refractivity contribution is 7.99. The monoisotopic (exact) mass is 364 g/mol. The van der Waals surface area contributed by atoms with Crippen LogP contribution in [0.1, 0.15) is 52.2 Å². The van der Waals surface area contributed by atoms with Crippen LogP contribution in [0.15, 0.2) is 24.3 Å². The zero-order valence-corrected chi connectivity index (χ0v) is 17.0. The molecule has 25 heavy (non-hydrogen) atoms. The highest BCUT2D eigenvalue weighted by Crippen LogP contribution is 2.33. The number of carbonyl (C=O) groups is 1. The topological polar surface area (TPSA) is 50.4 Å². The van der Waals surface area contributed by atoms with Gasteiger partial charge in [0.15, 0.2) is 0 Å². The van der Waals surface area contributed by atoms with Gasteiger partial charge in [0.1, 0.15) is 5.60 Å². The quantitative estimate of drug-likeness (QED) is 0.816. The number of benzene rings is 1. The van der Waals surface area contributed by atoms with Gasteiger partial charge < -0.3 is 15.4 Å². The van der Waals surface area contributed by atoms with Crippen molar-refractivity contribution < 1.29 is 9.53 Å². The van der Waals surface area contributed by atoms with E-state index in [9.17, 15) is 4.79 Å². The minimum Gasteiger partial charge on any atom is -0.444 e. The van der Waals surface area contributed by atoms with Crippen molar-refractivity contribution in [3.8, 4) is 0 Å². The molecule has 4 nitrogen and oxygen atoms in total. The highest BCUT2D eigenvalue weighted by atomic mass is 32.2. The Balaban J connectivity index is 1.75. The minimum absolute atomic E-state index is 0.379. The lowest BCUT2D eigenvalue weighted by molar-refractivity contribution is 0.0523. The summed E-state index contributed by atoms with van der Waals surface area (Å²) in [7, 11) is 0. The molecule has 1 fully saturated rings. The number of hydrogen-bond donors (Lipinski definition) is 2. The molecule has 5 heteroatoms. The van der Waals surface area contributed by atoms with Crippen molar-refractivity contribution >= 4 is 17.9 Å². The number of ether oxygens (including phenoxy) is 1. The Morgan fingerprint density at radius 1 is 1.20 bits per heavy atom. The van der Waals surface area contributed by atoms with Crippen molar-refractivity contribution in [2.24, 2.45) is 5.41 Å². The standard InChI is InChI=1S/C20H32N2O2S/c1-19(2,3)24-18(23)22-12-16-8-6-15(7-9-16)11-21-17-10-20(4,5)14-25-13-17/h6-9,17,21H,10-14H2,1-5H3,(H,22,23). The summed E-state index contributed by atoms with van der Waals surface area (Å²) in [6.45, 7) is 11.7. The van der Waals surface area contributed by atoms with Crippen LogP contribution in [0.3, 0.4) is 0 Å². The van der Waals surface area contributed by atoms with Crippen LogP contribution >= 0.6 is 11.8 Å². The Hall–Kier alpha value is -1.20. The number of thioether (sulfide) groups is 1. The van der Waals surface area contributed by atoms with Crippen molar-refractivity contribution in [1.82, 2.24) is 10.6 Å². The molecule has 1 saturated heterocycles. The van der Waals surface area contributed by atoms with Crippen LogP contribution in [-0.4, -0.2) is 29.2 Å². The van der Waals surface area contributed by atoms with E-state index >= 15 is 0 Å². The van der Waals surface area contributed by atoms with Gasteiger partial charge in [0.2, 0.25) is 0 Å². The number of nitrogens with one attached hydrogen (secondary N) is 2. The number of hydrogen-bond acceptors (Lipinski definition) is 4. The average Bonchev–Trinajstić information content (AvgIpc) is 2.49. The summed E-state index contributed by atoms with van der Waals surface area (Å²) in [5.41, 5.74) is 2.31. The second-order valence-electron chi connectivity index (χ2n) is 8.63. The molecule has 140 valence electrons. The molecule has 1 heterocycles. The third-order valence-electron chi connectivity index (χ3n) is 4.06. The van der Waals surface area contributed by atoms with E-state index < -0.39 is 5.60 Å². The Morgan fingerprint density at radius 3 is 2.36 bits per heavy atom. The zero-order valence-electron chi connectivity index (χ0n) is 16.1. The van der Waals surface area contributed by atoms with E-state index in [-0.39, 0.29) is 6.09 Å². The SMILES string of the molecule is CC1(C)CSCC(NCc2ccc(CNC(=O)OC(C)(C)C)cc2)C1. The molecule has 0 saturated carbocycles. The molecule has 0 bridgehead atoms. The molecule has 1 aromatic rings. The maximum atomic E-state index is 11.7. The number of alkyl carbamates (subject to hydrolysis) is 1. The first-order valence-corrected chi connectivity index (χ1v) is 10.1. The van der Waals surface area contributed by atoms with Crippen LogP contribution in [0.2, 0.25) is 0 Å². The Kier molecular flexibility index (Phi) is 6.80. The van der Waals surface area contributed by atoms with Gasteiger partial charge in [0.05, 0.1) is 0 Å². The van der Waals surface area contributed by atoms with E-state index in [4.69, 9.17) is 4.74 Å². The van der Waals surface area contributed by atoms with E-state index in [1.807, 2.05) is 32.5 Å². The van der Waals surface area contributed by atoms with E-state index in [1.54, 1.807) is 0 Å². The molecule has 1 unspecified atom stereocenters. The molecule has 0 aliphatic carbocycles. The van der Waals surface area contributed by atoms with E-state index in [0.717, 1.165) is 12.1 Å². The van der Waals surface area contributed by atoms with Crippen molar-refractivity contribution in [2.75, 3.05) is 11.5 Å². The van der Waals surface area contributed by atoms with Crippen molar-refractivity contribution in [3.63, 3.8) is 0 Å². The lowest BCUT2D eigenvalue weighted by atomic mass is 9.88. The molecule has 1 aromatic carbocycles. The van der Waals surface area contributed by atoms with Gasteiger partial charge in [0.25, 0.3) is 0 Å². The fourth-order valence-corrected chi connectivity index (χ4v) is 4.23. The van der Waals surface area contributed by atoms with Crippen LogP contribution in [0.5, 0.6) is 0 Å². The molecule has 0 spiro atoms. The first-order valence-electron chi connectivity index (χ1n) is 8.99. The lowest BCUT2D eigenvalue weighted by Gasteiger charge is -2.35. The summed E-state index contributed by atoms with van der Waals surface area (Å²) in [4.78, 5) is 11.7. The van der Waals surface area contributed by atoms with Gasteiger partial charge >= 0.3 is 6.09 Å². The van der Waals surface area contributed by atoms with Crippen LogP contribution in [0.4, 0.5) is 4.79 Å². The van der Waals surface area contributed by atoms with E-state index in [2.05, 4.69) is 48.7 Å². The fraction of sp³-hybridized carbons (Fsp3) is 0.650. The largest absolute Gasteiger partial charge is 0.444 e. The second-order valence-corrected chi connectivity index (χ2v) is 9.66. The van der Waals surface area contributed by atoms with Crippen LogP contribution in [0, 0.1) is 5.41 Å². The minimum atomic E-state index is -0.467. The van der Waals surface area contributed by atoms with Crippen LogP contribution in [-0.2, 0) is 17.8 Å². The van der Waals surface area contributed by atoms with Gasteiger partial charge in [-0.05, 0) is 49.5 Å². The van der Waals surface area contributed by atoms with Crippen molar-refractivity contribution in [3.05, 3.63) is 35.4 Å². The van der Waals surface area contributed by atoms with E-state index in [1.165, 1.54) is 23.5 Å². The van der Waals surface area contributed by atoms with Gasteiger partial charge in [-0.15, -0.1) is 0 Å². The Morgan fingerprint density at radius 2 is 1.80 bits per heavy atom. The van der Waals surface area contributed by atoms with Gasteiger partial charge in [-0.25, -0.2) is 4.79 Å².